The van der Waals surface area contributed by atoms with Crippen molar-refractivity contribution in [2.45, 2.75) is 12.7 Å². The molecule has 2 aromatic rings. The highest BCUT2D eigenvalue weighted by molar-refractivity contribution is 5.27. The molecule has 2 aromatic heterocycles. The molecular weight excluding hydrogens is 233 g/mol. The Labute approximate surface area is 94.9 Å². The molecule has 0 radical (unpaired) electrons. The van der Waals surface area contributed by atoms with Gasteiger partial charge in [-0.15, -0.1) is 0 Å². The highest BCUT2D eigenvalue weighted by atomic mass is 19.4. The van der Waals surface area contributed by atoms with Gasteiger partial charge in [-0.05, 0) is 18.2 Å². The first kappa shape index (κ1) is 11.6. The molecule has 0 aromatic carbocycles. The van der Waals surface area contributed by atoms with Crippen molar-refractivity contribution < 1.29 is 13.2 Å². The molecule has 0 amide bonds. The first-order valence-electron chi connectivity index (χ1n) is 4.80. The number of alkyl halides is 3. The lowest BCUT2D eigenvalue weighted by atomic mass is 10.3. The maximum atomic E-state index is 12.6. The van der Waals surface area contributed by atoms with Gasteiger partial charge in [0.1, 0.15) is 5.69 Å². The minimum Gasteiger partial charge on any atom is -0.325 e. The minimum absolute atomic E-state index is 0.102. The van der Waals surface area contributed by atoms with Crippen molar-refractivity contribution in [2.24, 2.45) is 5.73 Å². The zero-order chi connectivity index (χ0) is 12.5. The van der Waals surface area contributed by atoms with E-state index in [0.717, 1.165) is 16.9 Å². The normalized spacial score (nSPS) is 11.8. The van der Waals surface area contributed by atoms with Crippen LogP contribution in [0, 0.1) is 0 Å². The largest absolute Gasteiger partial charge is 0.433 e. The van der Waals surface area contributed by atoms with Gasteiger partial charge in [0.05, 0.1) is 11.9 Å². The average Bonchev–Trinajstić information content (AvgIpc) is 2.77. The van der Waals surface area contributed by atoms with E-state index in [1.807, 2.05) is 0 Å². The summed E-state index contributed by atoms with van der Waals surface area (Å²) in [4.78, 5) is 3.98. The standard InChI is InChI=1S/C10H9F3N4/c11-10(12,13)8-4-5-15-17(8)9-3-1-2-7(6-14)16-9/h1-5H,6,14H2. The molecule has 0 aliphatic heterocycles. The van der Waals surface area contributed by atoms with Gasteiger partial charge in [0.15, 0.2) is 5.82 Å². The predicted octanol–water partition coefficient (Wildman–Crippen LogP) is 1.74. The van der Waals surface area contributed by atoms with Crippen molar-refractivity contribution in [1.82, 2.24) is 14.8 Å². The molecule has 90 valence electrons. The van der Waals surface area contributed by atoms with Gasteiger partial charge in [-0.2, -0.15) is 18.3 Å². The summed E-state index contributed by atoms with van der Waals surface area (Å²) in [5.41, 5.74) is 5.03. The maximum absolute atomic E-state index is 12.6. The molecule has 0 atom stereocenters. The molecule has 0 aliphatic carbocycles. The van der Waals surface area contributed by atoms with E-state index in [0.29, 0.717) is 5.69 Å². The number of nitrogens with zero attached hydrogens (tertiary/aromatic N) is 3. The van der Waals surface area contributed by atoms with Crippen LogP contribution in [-0.4, -0.2) is 14.8 Å². The van der Waals surface area contributed by atoms with Gasteiger partial charge >= 0.3 is 6.18 Å². The second-order valence-electron chi connectivity index (χ2n) is 3.32. The van der Waals surface area contributed by atoms with Crippen molar-refractivity contribution >= 4 is 0 Å². The highest BCUT2D eigenvalue weighted by Gasteiger charge is 2.35. The van der Waals surface area contributed by atoms with Gasteiger partial charge < -0.3 is 5.73 Å². The number of hydrogen-bond acceptors (Lipinski definition) is 3. The molecular formula is C10H9F3N4. The van der Waals surface area contributed by atoms with Crippen LogP contribution in [0.15, 0.2) is 30.5 Å². The van der Waals surface area contributed by atoms with E-state index in [2.05, 4.69) is 10.1 Å². The number of rotatable bonds is 2. The molecule has 0 saturated heterocycles. The van der Waals surface area contributed by atoms with Crippen molar-refractivity contribution in [3.05, 3.63) is 41.9 Å². The molecule has 17 heavy (non-hydrogen) atoms. The summed E-state index contributed by atoms with van der Waals surface area (Å²) in [5, 5.41) is 3.62. The number of aromatic nitrogens is 3. The average molecular weight is 242 g/mol. The summed E-state index contributed by atoms with van der Waals surface area (Å²) in [6.07, 6.45) is -3.38. The van der Waals surface area contributed by atoms with Gasteiger partial charge in [-0.25, -0.2) is 9.67 Å². The molecule has 2 heterocycles. The van der Waals surface area contributed by atoms with Crippen molar-refractivity contribution in [1.29, 1.82) is 0 Å². The SMILES string of the molecule is NCc1cccc(-n2nccc2C(F)(F)F)n1. The molecule has 0 bridgehead atoms. The fourth-order valence-electron chi connectivity index (χ4n) is 1.40. The third kappa shape index (κ3) is 2.28. The Kier molecular flexibility index (Phi) is 2.84. The van der Waals surface area contributed by atoms with Crippen LogP contribution in [0.3, 0.4) is 0 Å². The first-order valence-corrected chi connectivity index (χ1v) is 4.80. The molecule has 0 spiro atoms. The van der Waals surface area contributed by atoms with Gasteiger partial charge in [0.2, 0.25) is 0 Å². The second kappa shape index (κ2) is 4.17. The molecule has 0 saturated carbocycles. The number of halogens is 3. The third-order valence-electron chi connectivity index (χ3n) is 2.15. The summed E-state index contributed by atoms with van der Waals surface area (Å²) >= 11 is 0. The Morgan fingerprint density at radius 1 is 1.24 bits per heavy atom. The van der Waals surface area contributed by atoms with Crippen LogP contribution in [0.2, 0.25) is 0 Å². The molecule has 0 unspecified atom stereocenters. The zero-order valence-electron chi connectivity index (χ0n) is 8.65. The summed E-state index contributed by atoms with van der Waals surface area (Å²) in [7, 11) is 0. The van der Waals surface area contributed by atoms with E-state index in [-0.39, 0.29) is 12.4 Å². The molecule has 7 heteroatoms. The van der Waals surface area contributed by atoms with Gasteiger partial charge in [0, 0.05) is 6.54 Å². The molecule has 2 N–H and O–H groups in total. The lowest BCUT2D eigenvalue weighted by Gasteiger charge is -2.10. The Bertz CT molecular complexity index is 518. The van der Waals surface area contributed by atoms with Crippen LogP contribution < -0.4 is 5.73 Å². The fraction of sp³-hybridized carbons (Fsp3) is 0.200. The van der Waals surface area contributed by atoms with Crippen LogP contribution >= 0.6 is 0 Å². The summed E-state index contributed by atoms with van der Waals surface area (Å²) in [5.74, 6) is 0.102. The second-order valence-corrected chi connectivity index (χ2v) is 3.32. The monoisotopic (exact) mass is 242 g/mol. The topological polar surface area (TPSA) is 56.7 Å². The Balaban J connectivity index is 2.50. The van der Waals surface area contributed by atoms with Gasteiger partial charge in [-0.3, -0.25) is 0 Å². The van der Waals surface area contributed by atoms with E-state index in [1.54, 1.807) is 12.1 Å². The Hall–Kier alpha value is -1.89. The van der Waals surface area contributed by atoms with Crippen LogP contribution in [0.1, 0.15) is 11.4 Å². The third-order valence-corrected chi connectivity index (χ3v) is 2.15. The number of pyridine rings is 1. The van der Waals surface area contributed by atoms with E-state index in [9.17, 15) is 13.2 Å². The van der Waals surface area contributed by atoms with Crippen molar-refractivity contribution in [3.63, 3.8) is 0 Å². The van der Waals surface area contributed by atoms with Crippen LogP contribution in [-0.2, 0) is 12.7 Å². The van der Waals surface area contributed by atoms with Crippen molar-refractivity contribution in [3.8, 4) is 5.82 Å². The fourth-order valence-corrected chi connectivity index (χ4v) is 1.40. The van der Waals surface area contributed by atoms with Crippen molar-refractivity contribution in [2.75, 3.05) is 0 Å². The Morgan fingerprint density at radius 3 is 2.65 bits per heavy atom. The Morgan fingerprint density at radius 2 is 2.00 bits per heavy atom. The van der Waals surface area contributed by atoms with Gasteiger partial charge in [-0.1, -0.05) is 6.07 Å². The number of nitrogens with two attached hydrogens (primary N) is 1. The predicted molar refractivity (Wildman–Crippen MR) is 54.3 cm³/mol. The van der Waals surface area contributed by atoms with E-state index >= 15 is 0 Å². The molecule has 4 nitrogen and oxygen atoms in total. The first-order chi connectivity index (χ1) is 8.02. The summed E-state index contributed by atoms with van der Waals surface area (Å²) < 4.78 is 38.7. The van der Waals surface area contributed by atoms with Gasteiger partial charge in [0.25, 0.3) is 0 Å². The smallest absolute Gasteiger partial charge is 0.325 e. The lowest BCUT2D eigenvalue weighted by Crippen LogP contribution is -2.14. The lowest BCUT2D eigenvalue weighted by molar-refractivity contribution is -0.142. The minimum atomic E-state index is -4.46. The summed E-state index contributed by atoms with van der Waals surface area (Å²) in [6.45, 7) is 0.163. The van der Waals surface area contributed by atoms with Crippen LogP contribution in [0.5, 0.6) is 0 Å². The van der Waals surface area contributed by atoms with Crippen LogP contribution in [0.4, 0.5) is 13.2 Å². The highest BCUT2D eigenvalue weighted by Crippen LogP contribution is 2.29. The quantitative estimate of drug-likeness (QED) is 0.872. The van der Waals surface area contributed by atoms with E-state index in [4.69, 9.17) is 5.73 Å². The molecule has 0 aliphatic rings. The zero-order valence-corrected chi connectivity index (χ0v) is 8.65. The maximum Gasteiger partial charge on any atom is 0.433 e. The summed E-state index contributed by atoms with van der Waals surface area (Å²) in [6, 6.07) is 5.57. The van der Waals surface area contributed by atoms with E-state index < -0.39 is 11.9 Å². The van der Waals surface area contributed by atoms with Crippen LogP contribution in [0.25, 0.3) is 5.82 Å². The van der Waals surface area contributed by atoms with E-state index in [1.165, 1.54) is 6.07 Å². The number of hydrogen-bond donors (Lipinski definition) is 1. The molecule has 2 rings (SSSR count). The molecule has 0 fully saturated rings.